The van der Waals surface area contributed by atoms with Crippen LogP contribution in [0.4, 0.5) is 15.8 Å². The van der Waals surface area contributed by atoms with Crippen molar-refractivity contribution in [3.63, 3.8) is 0 Å². The van der Waals surface area contributed by atoms with Crippen LogP contribution in [-0.4, -0.2) is 34.4 Å². The number of carbonyl (C=O) groups excluding carboxylic acids is 1. The van der Waals surface area contributed by atoms with Gasteiger partial charge in [-0.2, -0.15) is 0 Å². The number of aliphatic imine (C=N–C) groups is 1. The second-order valence-electron chi connectivity index (χ2n) is 6.47. The Kier molecular flexibility index (Phi) is 5.82. The summed E-state index contributed by atoms with van der Waals surface area (Å²) >= 11 is 0.926. The number of halogens is 1. The van der Waals surface area contributed by atoms with Crippen LogP contribution in [-0.2, 0) is 9.53 Å². The van der Waals surface area contributed by atoms with Crippen molar-refractivity contribution in [1.82, 2.24) is 0 Å². The van der Waals surface area contributed by atoms with Crippen LogP contribution in [0.1, 0.15) is 12.5 Å². The van der Waals surface area contributed by atoms with E-state index in [4.69, 9.17) is 14.2 Å². The van der Waals surface area contributed by atoms with Gasteiger partial charge in [-0.25, -0.2) is 14.2 Å². The lowest BCUT2D eigenvalue weighted by atomic mass is 10.1. The quantitative estimate of drug-likeness (QED) is 0.390. The summed E-state index contributed by atoms with van der Waals surface area (Å²) in [4.78, 5) is 27.9. The lowest BCUT2D eigenvalue weighted by Gasteiger charge is -2.03. The van der Waals surface area contributed by atoms with Crippen LogP contribution in [0.5, 0.6) is 11.5 Å². The second-order valence-corrected chi connectivity index (χ2v) is 7.50. The molecule has 2 aliphatic rings. The van der Waals surface area contributed by atoms with Gasteiger partial charge in [0.25, 0.3) is 5.69 Å². The fraction of sp³-hybridized carbons (Fsp3) is 0.143. The van der Waals surface area contributed by atoms with Crippen molar-refractivity contribution in [2.45, 2.75) is 6.92 Å². The van der Waals surface area contributed by atoms with E-state index >= 15 is 0 Å². The first-order valence-corrected chi connectivity index (χ1v) is 10.1. The Hall–Kier alpha value is -3.86. The van der Waals surface area contributed by atoms with Crippen LogP contribution < -0.4 is 9.47 Å². The van der Waals surface area contributed by atoms with Gasteiger partial charge in [0.1, 0.15) is 22.2 Å². The number of carbonyl (C=O) groups is 1. The Labute approximate surface area is 185 Å². The maximum atomic E-state index is 13.2. The van der Waals surface area contributed by atoms with E-state index in [9.17, 15) is 24.4 Å². The molecule has 2 aromatic rings. The molecule has 0 radical (unpaired) electrons. The number of fused-ring (bicyclic) bond motifs is 1. The molecule has 1 N–H and O–H groups in total. The normalized spacial score (nSPS) is 17.3. The maximum absolute atomic E-state index is 13.2. The van der Waals surface area contributed by atoms with Gasteiger partial charge in [0, 0.05) is 0 Å². The van der Waals surface area contributed by atoms with Crippen LogP contribution >= 0.6 is 11.8 Å². The molecule has 0 bridgehead atoms. The summed E-state index contributed by atoms with van der Waals surface area (Å²) in [6.07, 6.45) is 1.35. The van der Waals surface area contributed by atoms with Gasteiger partial charge in [-0.15, -0.1) is 0 Å². The summed E-state index contributed by atoms with van der Waals surface area (Å²) in [5.41, 5.74) is 0.0333. The Bertz CT molecular complexity index is 1210. The molecule has 9 nitrogen and oxygen atoms in total. The van der Waals surface area contributed by atoms with Crippen molar-refractivity contribution < 1.29 is 33.4 Å². The topological polar surface area (TPSA) is 120 Å². The molecule has 2 heterocycles. The number of rotatable bonds is 5. The van der Waals surface area contributed by atoms with E-state index in [1.165, 1.54) is 42.5 Å². The number of thioether (sulfide) groups is 1. The molecule has 11 heteroatoms. The molecule has 164 valence electrons. The number of ether oxygens (including phenoxy) is 3. The largest absolute Gasteiger partial charge is 0.506 e. The number of esters is 1. The minimum atomic E-state index is -0.804. The molecule has 0 atom stereocenters. The molecule has 0 unspecified atom stereocenters. The Morgan fingerprint density at radius 1 is 1.31 bits per heavy atom. The zero-order valence-corrected chi connectivity index (χ0v) is 17.3. The second kappa shape index (κ2) is 8.71. The van der Waals surface area contributed by atoms with E-state index in [1.54, 1.807) is 6.92 Å². The minimum absolute atomic E-state index is 0.0616. The Balaban J connectivity index is 1.80. The highest BCUT2D eigenvalue weighted by Crippen LogP contribution is 2.43. The average Bonchev–Trinajstić information content (AvgIpc) is 3.33. The molecule has 2 aliphatic heterocycles. The van der Waals surface area contributed by atoms with Crippen LogP contribution in [0.25, 0.3) is 6.08 Å². The summed E-state index contributed by atoms with van der Waals surface area (Å²) < 4.78 is 28.7. The monoisotopic (exact) mass is 458 g/mol. The third-order valence-electron chi connectivity index (χ3n) is 4.43. The van der Waals surface area contributed by atoms with Crippen molar-refractivity contribution in [1.29, 1.82) is 0 Å². The van der Waals surface area contributed by atoms with Crippen molar-refractivity contribution in [3.8, 4) is 11.5 Å². The highest BCUT2D eigenvalue weighted by Gasteiger charge is 2.34. The van der Waals surface area contributed by atoms with Crippen molar-refractivity contribution in [2.24, 2.45) is 4.99 Å². The number of aliphatic hydroxyl groups excluding tert-OH is 1. The van der Waals surface area contributed by atoms with E-state index < -0.39 is 22.5 Å². The third kappa shape index (κ3) is 4.14. The molecule has 2 aromatic carbocycles. The first kappa shape index (κ1) is 21.4. The molecular formula is C21H15FN2O7S. The van der Waals surface area contributed by atoms with Gasteiger partial charge in [0.2, 0.25) is 6.79 Å². The summed E-state index contributed by atoms with van der Waals surface area (Å²) in [6.45, 7) is 1.62. The molecule has 0 spiro atoms. The highest BCUT2D eigenvalue weighted by atomic mass is 32.2. The number of nitro groups is 1. The molecule has 0 fully saturated rings. The first-order valence-electron chi connectivity index (χ1n) is 9.30. The van der Waals surface area contributed by atoms with Crippen molar-refractivity contribution in [2.75, 3.05) is 13.4 Å². The van der Waals surface area contributed by atoms with E-state index in [0.29, 0.717) is 11.4 Å². The average molecular weight is 458 g/mol. The fourth-order valence-electron chi connectivity index (χ4n) is 2.99. The Morgan fingerprint density at radius 3 is 2.66 bits per heavy atom. The number of hydrogen-bond acceptors (Lipinski definition) is 9. The predicted molar refractivity (Wildman–Crippen MR) is 115 cm³/mol. The number of nitrogens with zero attached hydrogens (tertiary/aromatic N) is 2. The van der Waals surface area contributed by atoms with Crippen LogP contribution in [0.3, 0.4) is 0 Å². The zero-order valence-electron chi connectivity index (χ0n) is 16.5. The predicted octanol–water partition coefficient (Wildman–Crippen LogP) is 4.66. The van der Waals surface area contributed by atoms with Crippen LogP contribution in [0.2, 0.25) is 0 Å². The standard InChI is InChI=1S/C21H15FN2O7S/c1-2-29-21(26)18-19(25)17(32-20(18)23-13-5-3-12(22)4-6-13)8-11-7-15-16(31-10-30-15)9-14(11)24(27)28/h3-9,25H,2,10H2,1H3. The van der Waals surface area contributed by atoms with E-state index in [2.05, 4.69) is 4.99 Å². The number of hydrogen-bond donors (Lipinski definition) is 1. The maximum Gasteiger partial charge on any atom is 0.344 e. The first-order chi connectivity index (χ1) is 15.4. The summed E-state index contributed by atoms with van der Waals surface area (Å²) in [5, 5.41) is 22.4. The Morgan fingerprint density at radius 2 is 2.00 bits per heavy atom. The number of aliphatic hydroxyl groups is 1. The van der Waals surface area contributed by atoms with Gasteiger partial charge in [-0.3, -0.25) is 10.1 Å². The summed E-state index contributed by atoms with van der Waals surface area (Å²) in [5.74, 6) is -1.13. The van der Waals surface area contributed by atoms with Gasteiger partial charge >= 0.3 is 5.97 Å². The summed E-state index contributed by atoms with van der Waals surface area (Å²) in [6, 6.07) is 7.88. The van der Waals surface area contributed by atoms with Crippen LogP contribution in [0, 0.1) is 15.9 Å². The van der Waals surface area contributed by atoms with Crippen LogP contribution in [0.15, 0.2) is 57.6 Å². The fourth-order valence-corrected chi connectivity index (χ4v) is 4.01. The number of nitro benzene ring substituents is 1. The SMILES string of the molecule is CCOC(=O)C1=C(O)C(=Cc2cc3c(cc2[N+](=O)[O-])OCO3)SC1=Nc1ccc(F)cc1. The van der Waals surface area contributed by atoms with Gasteiger partial charge in [0.05, 0.1) is 33.8 Å². The third-order valence-corrected chi connectivity index (χ3v) is 5.45. The van der Waals surface area contributed by atoms with E-state index in [1.807, 2.05) is 0 Å². The molecule has 0 saturated heterocycles. The molecule has 0 saturated carbocycles. The van der Waals surface area contributed by atoms with Gasteiger partial charge < -0.3 is 19.3 Å². The molecule has 0 aromatic heterocycles. The van der Waals surface area contributed by atoms with Gasteiger partial charge in [0.15, 0.2) is 11.5 Å². The molecule has 32 heavy (non-hydrogen) atoms. The lowest BCUT2D eigenvalue weighted by molar-refractivity contribution is -0.385. The summed E-state index contributed by atoms with van der Waals surface area (Å²) in [7, 11) is 0. The van der Waals surface area contributed by atoms with E-state index in [-0.39, 0.29) is 45.9 Å². The van der Waals surface area contributed by atoms with E-state index in [0.717, 1.165) is 11.8 Å². The molecule has 0 aliphatic carbocycles. The molecular weight excluding hydrogens is 443 g/mol. The van der Waals surface area contributed by atoms with Crippen molar-refractivity contribution in [3.05, 3.63) is 74.1 Å². The molecule has 4 rings (SSSR count). The number of benzene rings is 2. The van der Waals surface area contributed by atoms with Gasteiger partial charge in [-0.1, -0.05) is 11.8 Å². The van der Waals surface area contributed by atoms with Gasteiger partial charge in [-0.05, 0) is 43.3 Å². The lowest BCUT2D eigenvalue weighted by Crippen LogP contribution is -2.12. The zero-order chi connectivity index (χ0) is 22.8. The molecule has 0 amide bonds. The van der Waals surface area contributed by atoms with Crippen molar-refractivity contribution >= 4 is 40.2 Å². The highest BCUT2D eigenvalue weighted by molar-refractivity contribution is 8.18. The minimum Gasteiger partial charge on any atom is -0.506 e. The smallest absolute Gasteiger partial charge is 0.344 e.